The summed E-state index contributed by atoms with van der Waals surface area (Å²) in [5, 5.41) is 3.43. The molecule has 1 aromatic heterocycles. The monoisotopic (exact) mass is 265 g/mol. The number of amides is 1. The van der Waals surface area contributed by atoms with Crippen LogP contribution in [0.3, 0.4) is 0 Å². The molecule has 98 valence electrons. The lowest BCUT2D eigenvalue weighted by Gasteiger charge is -2.39. The Balaban J connectivity index is 1.79. The number of rotatable bonds is 2. The second kappa shape index (κ2) is 4.31. The first-order chi connectivity index (χ1) is 8.57. The molecule has 1 aromatic rings. The van der Waals surface area contributed by atoms with Crippen molar-refractivity contribution >= 4 is 17.2 Å². The molecule has 2 aliphatic rings. The molecule has 4 nitrogen and oxygen atoms in total. The summed E-state index contributed by atoms with van der Waals surface area (Å²) >= 11 is 1.50. The van der Waals surface area contributed by atoms with Crippen molar-refractivity contribution in [2.24, 2.45) is 0 Å². The second-order valence-corrected chi connectivity index (χ2v) is 6.73. The van der Waals surface area contributed by atoms with E-state index in [1.54, 1.807) is 0 Å². The number of thiazole rings is 1. The number of nitrogens with one attached hydrogen (secondary N) is 1. The van der Waals surface area contributed by atoms with Crippen LogP contribution in [0.15, 0.2) is 5.51 Å². The van der Waals surface area contributed by atoms with Gasteiger partial charge in [-0.2, -0.15) is 0 Å². The van der Waals surface area contributed by atoms with Crippen molar-refractivity contribution in [3.63, 3.8) is 0 Å². The van der Waals surface area contributed by atoms with Gasteiger partial charge >= 0.3 is 0 Å². The SMILES string of the molecule is CC1(C)CN(C(=O)c2scnc2C2CC2)CCN1. The highest BCUT2D eigenvalue weighted by Crippen LogP contribution is 2.42. The van der Waals surface area contributed by atoms with Gasteiger partial charge in [-0.3, -0.25) is 4.79 Å². The van der Waals surface area contributed by atoms with Crippen molar-refractivity contribution in [1.29, 1.82) is 0 Å². The second-order valence-electron chi connectivity index (χ2n) is 5.88. The summed E-state index contributed by atoms with van der Waals surface area (Å²) in [5.74, 6) is 0.722. The van der Waals surface area contributed by atoms with Gasteiger partial charge in [0.15, 0.2) is 0 Å². The van der Waals surface area contributed by atoms with Gasteiger partial charge in [-0.05, 0) is 26.7 Å². The molecule has 0 unspecified atom stereocenters. The van der Waals surface area contributed by atoms with Crippen molar-refractivity contribution in [1.82, 2.24) is 15.2 Å². The van der Waals surface area contributed by atoms with Gasteiger partial charge in [0, 0.05) is 31.1 Å². The lowest BCUT2D eigenvalue weighted by molar-refractivity contribution is 0.0655. The maximum absolute atomic E-state index is 12.6. The van der Waals surface area contributed by atoms with E-state index in [9.17, 15) is 4.79 Å². The molecule has 2 fully saturated rings. The van der Waals surface area contributed by atoms with E-state index in [0.717, 1.165) is 30.2 Å². The minimum Gasteiger partial charge on any atom is -0.335 e. The summed E-state index contributed by atoms with van der Waals surface area (Å²) in [6.45, 7) is 6.72. The fraction of sp³-hybridized carbons (Fsp3) is 0.692. The first-order valence-electron chi connectivity index (χ1n) is 6.54. The van der Waals surface area contributed by atoms with E-state index in [0.29, 0.717) is 5.92 Å². The molecule has 3 rings (SSSR count). The van der Waals surface area contributed by atoms with Crippen LogP contribution in [0.4, 0.5) is 0 Å². The molecular weight excluding hydrogens is 246 g/mol. The number of carbonyl (C=O) groups is 1. The molecule has 0 atom stereocenters. The molecule has 0 radical (unpaired) electrons. The van der Waals surface area contributed by atoms with E-state index in [4.69, 9.17) is 0 Å². The van der Waals surface area contributed by atoms with E-state index in [2.05, 4.69) is 24.1 Å². The Hall–Kier alpha value is -0.940. The predicted octanol–water partition coefficient (Wildman–Crippen LogP) is 1.84. The Kier molecular flexibility index (Phi) is 2.90. The summed E-state index contributed by atoms with van der Waals surface area (Å²) in [5.41, 5.74) is 2.87. The van der Waals surface area contributed by atoms with Crippen molar-refractivity contribution in [2.45, 2.75) is 38.1 Å². The van der Waals surface area contributed by atoms with E-state index in [-0.39, 0.29) is 11.4 Å². The highest BCUT2D eigenvalue weighted by molar-refractivity contribution is 7.11. The molecule has 0 spiro atoms. The first-order valence-corrected chi connectivity index (χ1v) is 7.42. The molecule has 0 aromatic carbocycles. The van der Waals surface area contributed by atoms with Gasteiger partial charge < -0.3 is 10.2 Å². The zero-order valence-corrected chi connectivity index (χ0v) is 11.7. The lowest BCUT2D eigenvalue weighted by Crippen LogP contribution is -2.58. The van der Waals surface area contributed by atoms with Crippen LogP contribution in [0.5, 0.6) is 0 Å². The Morgan fingerprint density at radius 2 is 2.33 bits per heavy atom. The lowest BCUT2D eigenvalue weighted by atomic mass is 10.0. The average molecular weight is 265 g/mol. The molecule has 1 amide bonds. The van der Waals surface area contributed by atoms with Crippen LogP contribution >= 0.6 is 11.3 Å². The van der Waals surface area contributed by atoms with Crippen molar-refractivity contribution in [3.8, 4) is 0 Å². The number of nitrogens with zero attached hydrogens (tertiary/aromatic N) is 2. The number of piperazine rings is 1. The molecule has 1 aliphatic carbocycles. The highest BCUT2D eigenvalue weighted by Gasteiger charge is 2.34. The Labute approximate surface area is 111 Å². The van der Waals surface area contributed by atoms with Crippen LogP contribution < -0.4 is 5.32 Å². The minimum absolute atomic E-state index is 0.0122. The number of hydrogen-bond donors (Lipinski definition) is 1. The largest absolute Gasteiger partial charge is 0.335 e. The molecule has 18 heavy (non-hydrogen) atoms. The molecule has 1 aliphatic heterocycles. The predicted molar refractivity (Wildman–Crippen MR) is 72.1 cm³/mol. The van der Waals surface area contributed by atoms with Gasteiger partial charge in [0.1, 0.15) is 4.88 Å². The third-order valence-corrected chi connectivity index (χ3v) is 4.44. The number of carbonyl (C=O) groups excluding carboxylic acids is 1. The van der Waals surface area contributed by atoms with E-state index in [1.807, 2.05) is 10.4 Å². The summed E-state index contributed by atoms with van der Waals surface area (Å²) in [6.07, 6.45) is 2.38. The molecule has 0 bridgehead atoms. The quantitative estimate of drug-likeness (QED) is 0.887. The zero-order valence-electron chi connectivity index (χ0n) is 10.9. The number of aromatic nitrogens is 1. The van der Waals surface area contributed by atoms with Crippen LogP contribution in [-0.4, -0.2) is 41.0 Å². The van der Waals surface area contributed by atoms with Gasteiger partial charge in [-0.25, -0.2) is 4.98 Å². The topological polar surface area (TPSA) is 45.2 Å². The molecular formula is C13H19N3OS. The average Bonchev–Trinajstić information content (AvgIpc) is 3.05. The maximum atomic E-state index is 12.6. The van der Waals surface area contributed by atoms with Gasteiger partial charge in [-0.15, -0.1) is 11.3 Å². The Bertz CT molecular complexity index is 465. The molecule has 2 heterocycles. The summed E-state index contributed by atoms with van der Waals surface area (Å²) in [6, 6.07) is 0. The Morgan fingerprint density at radius 3 is 3.00 bits per heavy atom. The van der Waals surface area contributed by atoms with E-state index < -0.39 is 0 Å². The zero-order chi connectivity index (χ0) is 12.8. The van der Waals surface area contributed by atoms with E-state index >= 15 is 0 Å². The molecule has 1 saturated heterocycles. The van der Waals surface area contributed by atoms with Crippen molar-refractivity contribution < 1.29 is 4.79 Å². The smallest absolute Gasteiger partial charge is 0.265 e. The van der Waals surface area contributed by atoms with Gasteiger partial charge in [0.05, 0.1) is 11.2 Å². The van der Waals surface area contributed by atoms with Gasteiger partial charge in [-0.1, -0.05) is 0 Å². The van der Waals surface area contributed by atoms with Crippen molar-refractivity contribution in [3.05, 3.63) is 16.1 Å². The third-order valence-electron chi connectivity index (χ3n) is 3.61. The fourth-order valence-corrected chi connectivity index (χ4v) is 3.36. The van der Waals surface area contributed by atoms with Crippen LogP contribution in [-0.2, 0) is 0 Å². The molecule has 5 heteroatoms. The normalized spacial score (nSPS) is 23.1. The third kappa shape index (κ3) is 2.29. The van der Waals surface area contributed by atoms with Crippen LogP contribution in [0.2, 0.25) is 0 Å². The maximum Gasteiger partial charge on any atom is 0.265 e. The minimum atomic E-state index is 0.0122. The Morgan fingerprint density at radius 1 is 1.56 bits per heavy atom. The summed E-state index contributed by atoms with van der Waals surface area (Å²) in [7, 11) is 0. The highest BCUT2D eigenvalue weighted by atomic mass is 32.1. The number of hydrogen-bond acceptors (Lipinski definition) is 4. The standard InChI is InChI=1S/C13H19N3OS/c1-13(2)7-16(6-5-15-13)12(17)11-10(9-3-4-9)14-8-18-11/h8-9,15H,3-7H2,1-2H3. The van der Waals surface area contributed by atoms with Gasteiger partial charge in [0.2, 0.25) is 0 Å². The summed E-state index contributed by atoms with van der Waals surface area (Å²) in [4.78, 5) is 19.8. The molecule has 1 saturated carbocycles. The molecule has 1 N–H and O–H groups in total. The van der Waals surface area contributed by atoms with Crippen LogP contribution in [0.25, 0.3) is 0 Å². The van der Waals surface area contributed by atoms with Gasteiger partial charge in [0.25, 0.3) is 5.91 Å². The van der Waals surface area contributed by atoms with Crippen LogP contribution in [0.1, 0.15) is 48.0 Å². The van der Waals surface area contributed by atoms with Crippen molar-refractivity contribution in [2.75, 3.05) is 19.6 Å². The van der Waals surface area contributed by atoms with E-state index in [1.165, 1.54) is 24.2 Å². The van der Waals surface area contributed by atoms with Crippen LogP contribution in [0, 0.1) is 0 Å². The summed E-state index contributed by atoms with van der Waals surface area (Å²) < 4.78 is 0. The fourth-order valence-electron chi connectivity index (χ4n) is 2.52. The first kappa shape index (κ1) is 12.1.